The Morgan fingerprint density at radius 2 is 1.76 bits per heavy atom. The van der Waals surface area contributed by atoms with Crippen molar-refractivity contribution in [2.75, 3.05) is 13.2 Å². The normalized spacial score (nSPS) is 43.6. The fraction of sp³-hybridized carbons (Fsp3) is 0.905. The highest BCUT2D eigenvalue weighted by atomic mass is 35.5. The highest BCUT2D eigenvalue weighted by Crippen LogP contribution is 2.60. The van der Waals surface area contributed by atoms with Gasteiger partial charge in [0.15, 0.2) is 0 Å². The summed E-state index contributed by atoms with van der Waals surface area (Å²) in [5.41, 5.74) is -0.261. The summed E-state index contributed by atoms with van der Waals surface area (Å²) in [6, 6.07) is -0.0698. The first-order valence-corrected chi connectivity index (χ1v) is 12.0. The fourth-order valence-electron chi connectivity index (χ4n) is 5.61. The maximum atomic E-state index is 12.6. The molecule has 1 heterocycles. The molecule has 3 N–H and O–H groups in total. The molecule has 6 nitrogen and oxygen atoms in total. The Hall–Kier alpha value is -0.560. The quantitative estimate of drug-likeness (QED) is 0.525. The van der Waals surface area contributed by atoms with Gasteiger partial charge in [-0.1, -0.05) is 13.3 Å². The molecule has 5 aliphatic rings. The molecule has 2 bridgehead atoms. The number of carbonyl (C=O) groups excluding carboxylic acids is 2. The van der Waals surface area contributed by atoms with Crippen LogP contribution in [0.15, 0.2) is 0 Å². The van der Waals surface area contributed by atoms with E-state index in [2.05, 4.69) is 22.9 Å². The number of alkyl halides is 2. The third-order valence-electron chi connectivity index (χ3n) is 7.33. The number of hydrogen-bond acceptors (Lipinski definition) is 4. The maximum absolute atomic E-state index is 12.6. The Bertz CT molecular complexity index is 619. The van der Waals surface area contributed by atoms with E-state index >= 15 is 0 Å². The van der Waals surface area contributed by atoms with Gasteiger partial charge < -0.3 is 20.7 Å². The van der Waals surface area contributed by atoms with Gasteiger partial charge in [-0.3, -0.25) is 9.59 Å². The third-order valence-corrected chi connectivity index (χ3v) is 8.46. The van der Waals surface area contributed by atoms with Gasteiger partial charge in [-0.25, -0.2) is 0 Å². The van der Waals surface area contributed by atoms with E-state index in [4.69, 9.17) is 27.9 Å². The second-order valence-electron chi connectivity index (χ2n) is 9.72. The first-order chi connectivity index (χ1) is 13.8. The van der Waals surface area contributed by atoms with Crippen molar-refractivity contribution in [3.8, 4) is 0 Å². The second-order valence-corrected chi connectivity index (χ2v) is 10.8. The lowest BCUT2D eigenvalue weighted by Gasteiger charge is -2.70. The van der Waals surface area contributed by atoms with E-state index in [0.717, 1.165) is 57.9 Å². The van der Waals surface area contributed by atoms with Crippen molar-refractivity contribution >= 4 is 35.0 Å². The van der Waals surface area contributed by atoms with Gasteiger partial charge in [-0.2, -0.15) is 0 Å². The molecule has 29 heavy (non-hydrogen) atoms. The van der Waals surface area contributed by atoms with Crippen LogP contribution in [0.25, 0.3) is 0 Å². The van der Waals surface area contributed by atoms with Gasteiger partial charge in [-0.05, 0) is 63.8 Å². The van der Waals surface area contributed by atoms with Gasteiger partial charge in [0.25, 0.3) is 0 Å². The molecule has 5 atom stereocenters. The minimum atomic E-state index is -0.149. The molecule has 1 aliphatic heterocycles. The van der Waals surface area contributed by atoms with Gasteiger partial charge in [-0.15, -0.1) is 23.2 Å². The first kappa shape index (κ1) is 21.7. The van der Waals surface area contributed by atoms with Crippen molar-refractivity contribution in [1.29, 1.82) is 0 Å². The molecule has 4 saturated carbocycles. The molecule has 1 saturated heterocycles. The van der Waals surface area contributed by atoms with Crippen LogP contribution >= 0.6 is 23.2 Å². The molecule has 5 fully saturated rings. The number of ether oxygens (including phenoxy) is 1. The molecule has 0 aromatic rings. The first-order valence-electron chi connectivity index (χ1n) is 11.1. The second kappa shape index (κ2) is 8.52. The molecule has 0 aromatic heterocycles. The zero-order chi connectivity index (χ0) is 20.6. The number of piperidine rings is 1. The average molecular weight is 446 g/mol. The van der Waals surface area contributed by atoms with Gasteiger partial charge in [0.1, 0.15) is 6.61 Å². The number of nitrogens with one attached hydrogen (secondary N) is 3. The molecule has 0 aromatic carbocycles. The fourth-order valence-corrected chi connectivity index (χ4v) is 6.16. The van der Waals surface area contributed by atoms with Crippen molar-refractivity contribution in [1.82, 2.24) is 16.0 Å². The van der Waals surface area contributed by atoms with Crippen molar-refractivity contribution in [3.63, 3.8) is 0 Å². The Balaban J connectivity index is 1.14. The molecule has 8 heteroatoms. The Labute approximate surface area is 183 Å². The van der Waals surface area contributed by atoms with Gasteiger partial charge in [0, 0.05) is 11.1 Å². The predicted molar refractivity (Wildman–Crippen MR) is 113 cm³/mol. The minimum absolute atomic E-state index is 0.00518. The molecule has 0 spiro atoms. The predicted octanol–water partition coefficient (Wildman–Crippen LogP) is 2.46. The van der Waals surface area contributed by atoms with Crippen LogP contribution in [0.2, 0.25) is 0 Å². The van der Waals surface area contributed by atoms with Crippen LogP contribution in [0, 0.1) is 5.92 Å². The Morgan fingerprint density at radius 3 is 2.38 bits per heavy atom. The van der Waals surface area contributed by atoms with E-state index in [9.17, 15) is 9.59 Å². The molecule has 5 unspecified atom stereocenters. The number of amides is 2. The minimum Gasteiger partial charge on any atom is -0.368 e. The standard InChI is InChI=1S/C21H33Cl2N3O3/c1-2-13-3-6-17(24-8-13)19(28)26-21-10-20(11-21,12-21)25-18(27)9-29-14-4-5-15(22)16(23)7-14/h13-17,24H,2-12H2,1H3,(H,25,27)(H,26,28). The van der Waals surface area contributed by atoms with Crippen LogP contribution in [-0.2, 0) is 14.3 Å². The largest absolute Gasteiger partial charge is 0.368 e. The summed E-state index contributed by atoms with van der Waals surface area (Å²) in [5, 5.41) is 9.65. The van der Waals surface area contributed by atoms with Crippen LogP contribution in [0.3, 0.4) is 0 Å². The Kier molecular flexibility index (Phi) is 6.37. The monoisotopic (exact) mass is 445 g/mol. The number of rotatable bonds is 7. The van der Waals surface area contributed by atoms with E-state index < -0.39 is 0 Å². The summed E-state index contributed by atoms with van der Waals surface area (Å²) in [5.74, 6) is 0.728. The van der Waals surface area contributed by atoms with Crippen molar-refractivity contribution < 1.29 is 14.3 Å². The van der Waals surface area contributed by atoms with E-state index in [1.165, 1.54) is 0 Å². The molecule has 5 rings (SSSR count). The summed E-state index contributed by atoms with van der Waals surface area (Å²) in [6.07, 6.45) is 8.03. The van der Waals surface area contributed by atoms with Crippen LogP contribution in [0.1, 0.15) is 64.7 Å². The number of halogens is 2. The highest BCUT2D eigenvalue weighted by molar-refractivity contribution is 6.30. The van der Waals surface area contributed by atoms with Crippen LogP contribution in [-0.4, -0.2) is 58.9 Å². The number of hydrogen-bond donors (Lipinski definition) is 3. The molecular formula is C21H33Cl2N3O3. The molecule has 2 amide bonds. The topological polar surface area (TPSA) is 79.5 Å². The summed E-state index contributed by atoms with van der Waals surface area (Å²) < 4.78 is 5.75. The van der Waals surface area contributed by atoms with Gasteiger partial charge in [0.2, 0.25) is 11.8 Å². The zero-order valence-corrected chi connectivity index (χ0v) is 18.7. The Morgan fingerprint density at radius 1 is 1.03 bits per heavy atom. The summed E-state index contributed by atoms with van der Waals surface area (Å²) in [6.45, 7) is 3.19. The SMILES string of the molecule is CCC1CCC(C(=O)NC23CC(NC(=O)COC4CCC(Cl)C(Cl)C4)(C2)C3)NC1. The van der Waals surface area contributed by atoms with Crippen molar-refractivity contribution in [3.05, 3.63) is 0 Å². The van der Waals surface area contributed by atoms with Gasteiger partial charge >= 0.3 is 0 Å². The van der Waals surface area contributed by atoms with E-state index in [0.29, 0.717) is 12.3 Å². The van der Waals surface area contributed by atoms with E-state index in [1.54, 1.807) is 0 Å². The lowest BCUT2D eigenvalue weighted by Crippen LogP contribution is -2.84. The van der Waals surface area contributed by atoms with Crippen LogP contribution in [0.4, 0.5) is 0 Å². The molecule has 164 valence electrons. The lowest BCUT2D eigenvalue weighted by molar-refractivity contribution is -0.154. The van der Waals surface area contributed by atoms with E-state index in [1.807, 2.05) is 0 Å². The highest BCUT2D eigenvalue weighted by Gasteiger charge is 2.69. The summed E-state index contributed by atoms with van der Waals surface area (Å²) in [4.78, 5) is 24.9. The average Bonchev–Trinajstić information content (AvgIpc) is 2.66. The smallest absolute Gasteiger partial charge is 0.246 e. The molecule has 0 radical (unpaired) electrons. The summed E-state index contributed by atoms with van der Waals surface area (Å²) >= 11 is 12.3. The summed E-state index contributed by atoms with van der Waals surface area (Å²) in [7, 11) is 0. The van der Waals surface area contributed by atoms with Crippen LogP contribution in [0.5, 0.6) is 0 Å². The van der Waals surface area contributed by atoms with Crippen LogP contribution < -0.4 is 16.0 Å². The zero-order valence-electron chi connectivity index (χ0n) is 17.1. The lowest BCUT2D eigenvalue weighted by atomic mass is 9.44. The van der Waals surface area contributed by atoms with E-state index in [-0.39, 0.29) is 52.4 Å². The third kappa shape index (κ3) is 4.70. The number of carbonyl (C=O) groups is 2. The molecule has 4 aliphatic carbocycles. The van der Waals surface area contributed by atoms with Gasteiger partial charge in [0.05, 0.1) is 22.9 Å². The van der Waals surface area contributed by atoms with Crippen molar-refractivity contribution in [2.45, 2.75) is 98.7 Å². The molecular weight excluding hydrogens is 413 g/mol. The maximum Gasteiger partial charge on any atom is 0.246 e. The van der Waals surface area contributed by atoms with Crippen molar-refractivity contribution in [2.24, 2.45) is 5.92 Å².